The minimum absolute atomic E-state index is 0.0333. The Morgan fingerprint density at radius 2 is 2.05 bits per heavy atom. The highest BCUT2D eigenvalue weighted by Gasteiger charge is 2.27. The molecule has 0 bridgehead atoms. The molecule has 1 N–H and O–H groups in total. The number of hydrogen-bond acceptors (Lipinski definition) is 4. The van der Waals surface area contributed by atoms with E-state index in [0.29, 0.717) is 26.1 Å². The summed E-state index contributed by atoms with van der Waals surface area (Å²) in [5.74, 6) is 0.215. The van der Waals surface area contributed by atoms with E-state index in [9.17, 15) is 8.42 Å². The quantitative estimate of drug-likeness (QED) is 0.737. The number of nitrogens with one attached hydrogen (secondary N) is 1. The molecule has 1 atom stereocenters. The van der Waals surface area contributed by atoms with Crippen LogP contribution in [0.1, 0.15) is 40.0 Å². The second kappa shape index (κ2) is 7.73. The van der Waals surface area contributed by atoms with Gasteiger partial charge in [0.15, 0.2) is 0 Å². The van der Waals surface area contributed by atoms with Gasteiger partial charge in [0.05, 0.1) is 12.4 Å². The van der Waals surface area contributed by atoms with E-state index in [-0.39, 0.29) is 17.2 Å². The molecule has 1 unspecified atom stereocenters. The average molecular weight is 306 g/mol. The zero-order valence-electron chi connectivity index (χ0n) is 13.3. The number of methoxy groups -OCH3 is 1. The third-order valence-corrected chi connectivity index (χ3v) is 5.47. The Morgan fingerprint density at radius 3 is 2.55 bits per heavy atom. The van der Waals surface area contributed by atoms with Crippen molar-refractivity contribution in [3.63, 3.8) is 0 Å². The van der Waals surface area contributed by atoms with Crippen molar-refractivity contribution in [3.05, 3.63) is 0 Å². The van der Waals surface area contributed by atoms with Gasteiger partial charge < -0.3 is 10.1 Å². The van der Waals surface area contributed by atoms with Gasteiger partial charge in [0.2, 0.25) is 10.0 Å². The van der Waals surface area contributed by atoms with E-state index in [1.165, 1.54) is 0 Å². The molecule has 0 aromatic carbocycles. The van der Waals surface area contributed by atoms with Crippen molar-refractivity contribution in [2.75, 3.05) is 39.1 Å². The molecule has 0 spiro atoms. The Balaban J connectivity index is 2.63. The first-order valence-electron chi connectivity index (χ1n) is 7.45. The van der Waals surface area contributed by atoms with Crippen molar-refractivity contribution in [2.24, 2.45) is 5.41 Å². The van der Waals surface area contributed by atoms with Crippen LogP contribution in [0, 0.1) is 5.41 Å². The van der Waals surface area contributed by atoms with Crippen LogP contribution in [0.4, 0.5) is 0 Å². The Hall–Kier alpha value is -0.170. The Kier molecular flexibility index (Phi) is 6.91. The van der Waals surface area contributed by atoms with Crippen LogP contribution in [0.3, 0.4) is 0 Å². The van der Waals surface area contributed by atoms with Crippen molar-refractivity contribution in [1.29, 1.82) is 0 Å². The third kappa shape index (κ3) is 6.52. The average Bonchev–Trinajstić information content (AvgIpc) is 2.84. The van der Waals surface area contributed by atoms with Gasteiger partial charge >= 0.3 is 0 Å². The van der Waals surface area contributed by atoms with E-state index < -0.39 is 10.0 Å². The van der Waals surface area contributed by atoms with Gasteiger partial charge in [-0.25, -0.2) is 8.42 Å². The first-order valence-corrected chi connectivity index (χ1v) is 9.06. The zero-order chi connectivity index (χ0) is 15.2. The van der Waals surface area contributed by atoms with E-state index in [4.69, 9.17) is 4.74 Å². The van der Waals surface area contributed by atoms with Crippen LogP contribution in [0.25, 0.3) is 0 Å². The van der Waals surface area contributed by atoms with E-state index in [2.05, 4.69) is 26.1 Å². The van der Waals surface area contributed by atoms with Gasteiger partial charge in [-0.3, -0.25) is 0 Å². The van der Waals surface area contributed by atoms with Crippen LogP contribution in [-0.4, -0.2) is 57.9 Å². The summed E-state index contributed by atoms with van der Waals surface area (Å²) in [6.07, 6.45) is 2.86. The Bertz CT molecular complexity index is 370. The highest BCUT2D eigenvalue weighted by atomic mass is 32.2. The molecule has 6 heteroatoms. The lowest BCUT2D eigenvalue weighted by Crippen LogP contribution is -2.43. The van der Waals surface area contributed by atoms with Crippen LogP contribution in [0.5, 0.6) is 0 Å². The second-order valence-electron chi connectivity index (χ2n) is 6.77. The highest BCUT2D eigenvalue weighted by Crippen LogP contribution is 2.21. The van der Waals surface area contributed by atoms with Gasteiger partial charge in [-0.15, -0.1) is 0 Å². The third-order valence-electron chi connectivity index (χ3n) is 3.63. The molecular weight excluding hydrogens is 276 g/mol. The molecule has 0 aliphatic carbocycles. The van der Waals surface area contributed by atoms with Crippen LogP contribution in [0.2, 0.25) is 0 Å². The normalized spacial score (nSPS) is 20.8. The lowest BCUT2D eigenvalue weighted by Gasteiger charge is -2.27. The Morgan fingerprint density at radius 1 is 1.35 bits per heavy atom. The van der Waals surface area contributed by atoms with Crippen LogP contribution in [-0.2, 0) is 14.8 Å². The second-order valence-corrected chi connectivity index (χ2v) is 8.86. The predicted octanol–water partition coefficient (Wildman–Crippen LogP) is 1.45. The standard InChI is InChI=1S/C14H30N2O3S/c1-14(2,3)7-11-20(17,18)16(9-10-19-4)12-13-6-5-8-15-13/h13,15H,5-12H2,1-4H3. The zero-order valence-corrected chi connectivity index (χ0v) is 14.1. The fraction of sp³-hybridized carbons (Fsp3) is 1.00. The molecular formula is C14H30N2O3S. The largest absolute Gasteiger partial charge is 0.383 e. The van der Waals surface area contributed by atoms with Crippen LogP contribution < -0.4 is 5.32 Å². The molecule has 1 rings (SSSR count). The van der Waals surface area contributed by atoms with Gasteiger partial charge in [0.1, 0.15) is 0 Å². The SMILES string of the molecule is COCCN(CC1CCCN1)S(=O)(=O)CCC(C)(C)C. The van der Waals surface area contributed by atoms with Gasteiger partial charge in [-0.2, -0.15) is 4.31 Å². The number of sulfonamides is 1. The fourth-order valence-corrected chi connectivity index (χ4v) is 4.15. The summed E-state index contributed by atoms with van der Waals surface area (Å²) in [6, 6.07) is 0.288. The molecule has 0 aromatic heterocycles. The van der Waals surface area contributed by atoms with Gasteiger partial charge in [-0.1, -0.05) is 20.8 Å². The maximum atomic E-state index is 12.5. The van der Waals surface area contributed by atoms with Crippen molar-refractivity contribution in [1.82, 2.24) is 9.62 Å². The van der Waals surface area contributed by atoms with E-state index in [0.717, 1.165) is 19.4 Å². The number of rotatable bonds is 8. The van der Waals surface area contributed by atoms with Gasteiger partial charge in [-0.05, 0) is 31.2 Å². The molecule has 1 aliphatic rings. The summed E-state index contributed by atoms with van der Waals surface area (Å²) in [6.45, 7) is 8.66. The summed E-state index contributed by atoms with van der Waals surface area (Å²) in [5.41, 5.74) is 0.0333. The predicted molar refractivity (Wildman–Crippen MR) is 82.3 cm³/mol. The summed E-state index contributed by atoms with van der Waals surface area (Å²) in [5, 5.41) is 3.36. The molecule has 20 heavy (non-hydrogen) atoms. The van der Waals surface area contributed by atoms with E-state index >= 15 is 0 Å². The lowest BCUT2D eigenvalue weighted by molar-refractivity contribution is 0.176. The molecule has 1 heterocycles. The molecule has 0 saturated carbocycles. The summed E-state index contributed by atoms with van der Waals surface area (Å²) >= 11 is 0. The van der Waals surface area contributed by atoms with E-state index in [1.54, 1.807) is 11.4 Å². The van der Waals surface area contributed by atoms with Crippen molar-refractivity contribution >= 4 is 10.0 Å². The molecule has 0 aromatic rings. The summed E-state index contributed by atoms with van der Waals surface area (Å²) in [4.78, 5) is 0. The monoisotopic (exact) mass is 306 g/mol. The van der Waals surface area contributed by atoms with Crippen LogP contribution >= 0.6 is 0 Å². The smallest absolute Gasteiger partial charge is 0.214 e. The molecule has 0 radical (unpaired) electrons. The maximum Gasteiger partial charge on any atom is 0.214 e. The molecule has 5 nitrogen and oxygen atoms in total. The number of ether oxygens (including phenoxy) is 1. The molecule has 0 amide bonds. The first-order chi connectivity index (χ1) is 9.24. The number of hydrogen-bond donors (Lipinski definition) is 1. The minimum Gasteiger partial charge on any atom is -0.383 e. The van der Waals surface area contributed by atoms with Crippen molar-refractivity contribution in [2.45, 2.75) is 46.1 Å². The molecule has 1 fully saturated rings. The summed E-state index contributed by atoms with van der Waals surface area (Å²) in [7, 11) is -1.60. The summed E-state index contributed by atoms with van der Waals surface area (Å²) < 4.78 is 31.7. The molecule has 1 aliphatic heterocycles. The Labute approximate surface area is 124 Å². The lowest BCUT2D eigenvalue weighted by atomic mass is 9.94. The minimum atomic E-state index is -3.20. The van der Waals surface area contributed by atoms with Gasteiger partial charge in [0, 0.05) is 26.2 Å². The van der Waals surface area contributed by atoms with Crippen molar-refractivity contribution in [3.8, 4) is 0 Å². The van der Waals surface area contributed by atoms with Gasteiger partial charge in [0.25, 0.3) is 0 Å². The van der Waals surface area contributed by atoms with Crippen molar-refractivity contribution < 1.29 is 13.2 Å². The first kappa shape index (κ1) is 17.9. The number of nitrogens with zero attached hydrogens (tertiary/aromatic N) is 1. The van der Waals surface area contributed by atoms with Crippen LogP contribution in [0.15, 0.2) is 0 Å². The highest BCUT2D eigenvalue weighted by molar-refractivity contribution is 7.89. The fourth-order valence-electron chi connectivity index (χ4n) is 2.26. The topological polar surface area (TPSA) is 58.6 Å². The molecule has 120 valence electrons. The molecule has 1 saturated heterocycles. The van der Waals surface area contributed by atoms with E-state index in [1.807, 2.05) is 0 Å². The maximum absolute atomic E-state index is 12.5.